The van der Waals surface area contributed by atoms with Gasteiger partial charge in [-0.05, 0) is 283 Å². The van der Waals surface area contributed by atoms with Gasteiger partial charge in [-0.3, -0.25) is 0 Å². The Morgan fingerprint density at radius 1 is 0.217 bits per heavy atom. The van der Waals surface area contributed by atoms with E-state index in [9.17, 15) is 10.5 Å². The minimum absolute atomic E-state index is 0.207. The predicted molar refractivity (Wildman–Crippen MR) is 553 cm³/mol. The van der Waals surface area contributed by atoms with Crippen LogP contribution < -0.4 is 0 Å². The Balaban J connectivity index is 1.07. The van der Waals surface area contributed by atoms with Crippen molar-refractivity contribution in [2.24, 2.45) is 0 Å². The summed E-state index contributed by atoms with van der Waals surface area (Å²) in [6.45, 7) is 55.3. The zero-order valence-electron chi connectivity index (χ0n) is 79.1. The van der Waals surface area contributed by atoms with E-state index in [1.165, 1.54) is 44.5 Å². The SMILES string of the molecule is CC(C)(C)c1cc(-c2c3nc(c(-c4c5nc(c(-c6cc(C(C)(C)C)cc(C(C)(C)C)c6)c6ccc([nH]6)c(-c6ccc(C#Cc7ccc(C#N)c(C#N)c7)cc6)c6nc(c(-c7cc(C(C)(C)C)cc(C(C)(C)C)c7)c7ccc4[nH]7)C=C6)C=C5)c4ccc([nH]4)c(-c4cc(C(C)(C)C)cc(C(C)(C)C)c4)c4nc(c(-c5ccc(I)cc5)c5ccc2[nH]5)C=C4)C=C3)cc(C(C)(C)C)c1. The number of aromatic nitrogens is 8. The van der Waals surface area contributed by atoms with E-state index in [0.717, 1.165) is 177 Å². The fourth-order valence-electron chi connectivity index (χ4n) is 17.6. The van der Waals surface area contributed by atoms with Crippen LogP contribution in [0.25, 0.3) is 171 Å². The molecule has 0 spiro atoms. The molecule has 7 aromatic carbocycles. The number of H-pyrrole nitrogens is 4. The van der Waals surface area contributed by atoms with E-state index in [1.54, 1.807) is 18.2 Å². The fraction of sp³-hybridized carbons (Fsp3) is 0.271. The van der Waals surface area contributed by atoms with Crippen molar-refractivity contribution in [2.75, 3.05) is 0 Å². The van der Waals surface area contributed by atoms with Crippen LogP contribution in [-0.4, -0.2) is 39.9 Å². The molecule has 0 saturated carbocycles. The first-order chi connectivity index (χ1) is 60.7. The lowest BCUT2D eigenvalue weighted by Gasteiger charge is -2.26. The van der Waals surface area contributed by atoms with Gasteiger partial charge in [-0.2, -0.15) is 10.5 Å². The van der Waals surface area contributed by atoms with Gasteiger partial charge in [0.15, 0.2) is 0 Å². The first-order valence-electron chi connectivity index (χ1n) is 45.0. The summed E-state index contributed by atoms with van der Waals surface area (Å²) in [5, 5.41) is 19.7. The van der Waals surface area contributed by atoms with E-state index in [4.69, 9.17) is 19.9 Å². The average molecular weight is 1800 g/mol. The van der Waals surface area contributed by atoms with Crippen molar-refractivity contribution in [1.82, 2.24) is 39.9 Å². The highest BCUT2D eigenvalue weighted by molar-refractivity contribution is 14.1. The largest absolute Gasteiger partial charge is 0.354 e. The lowest BCUT2D eigenvalue weighted by atomic mass is 9.78. The Morgan fingerprint density at radius 2 is 0.419 bits per heavy atom. The first-order valence-corrected chi connectivity index (χ1v) is 46.1. The Hall–Kier alpha value is -13.0. The van der Waals surface area contributed by atoms with E-state index in [-0.39, 0.29) is 43.3 Å². The Bertz CT molecular complexity index is 7190. The van der Waals surface area contributed by atoms with E-state index >= 15 is 0 Å². The van der Waals surface area contributed by atoms with Crippen molar-refractivity contribution < 1.29 is 0 Å². The summed E-state index contributed by atoms with van der Waals surface area (Å²) in [4.78, 5) is 41.0. The monoisotopic (exact) mass is 1800 g/mol. The van der Waals surface area contributed by atoms with Crippen LogP contribution in [0.3, 0.4) is 0 Å². The molecule has 0 radical (unpaired) electrons. The number of nitrogens with zero attached hydrogens (tertiary/aromatic N) is 6. The summed E-state index contributed by atoms with van der Waals surface area (Å²) in [6.07, 6.45) is 17.7. The van der Waals surface area contributed by atoms with Gasteiger partial charge in [-0.1, -0.05) is 275 Å². The summed E-state index contributed by atoms with van der Waals surface area (Å²) >= 11 is 2.41. The standard InChI is InChI=1S/C118H115IN10/c1-111(2,3)78-54-73(55-79(62-78)112(4,5)6)105-91-41-37-87(122-91)103(70-30-27-68(28-31-70)25-26-69-29-32-72(66-120)77(53-69)67-121)88-38-42-92(123-88)106(74-56-80(113(7,8)9)63-81(57-74)114(10,11)12)96-46-50-100(127-96)109(99-49-45-95(105)126-99)110-101-51-47-97(128-101)107(75-58-82(115(13,14)15)64-83(59-75)116(16,17)18)93-43-39-89(124-93)104(71-33-35-86(119)36-34-71)90-40-44-94(125-90)108(98-48-52-102(110)129-98)76-60-84(117(19,20)21)65-85(61-76)118(22,23)24/h27-65,122,124,127,129H,1-24H3. The van der Waals surface area contributed by atoms with Crippen molar-refractivity contribution in [3.05, 3.63) is 304 Å². The van der Waals surface area contributed by atoms with Gasteiger partial charge in [0.1, 0.15) is 12.1 Å². The van der Waals surface area contributed by atoms with Gasteiger partial charge in [0.25, 0.3) is 0 Å². The summed E-state index contributed by atoms with van der Waals surface area (Å²) in [7, 11) is 0. The van der Waals surface area contributed by atoms with Crippen molar-refractivity contribution in [3.8, 4) is 102 Å². The molecule has 0 saturated heterocycles. The highest BCUT2D eigenvalue weighted by Crippen LogP contribution is 2.48. The van der Waals surface area contributed by atoms with Crippen molar-refractivity contribution >= 4 is 115 Å². The molecule has 644 valence electrons. The Labute approximate surface area is 775 Å². The molecule has 10 nitrogen and oxygen atoms in total. The second-order valence-electron chi connectivity index (χ2n) is 43.5. The van der Waals surface area contributed by atoms with Crippen LogP contribution in [0.2, 0.25) is 0 Å². The maximum atomic E-state index is 9.94. The zero-order valence-corrected chi connectivity index (χ0v) is 81.2. The maximum absolute atomic E-state index is 9.94. The zero-order chi connectivity index (χ0) is 91.9. The summed E-state index contributed by atoms with van der Waals surface area (Å²) in [5.74, 6) is 6.63. The van der Waals surface area contributed by atoms with Gasteiger partial charge in [-0.25, -0.2) is 19.9 Å². The second kappa shape index (κ2) is 32.3. The minimum atomic E-state index is -0.234. The molecular formula is C118H115IN10. The van der Waals surface area contributed by atoms with Gasteiger partial charge in [0.2, 0.25) is 0 Å². The molecule has 129 heavy (non-hydrogen) atoms. The molecule has 0 amide bonds. The molecule has 17 rings (SSSR count). The van der Waals surface area contributed by atoms with Crippen LogP contribution in [0, 0.1) is 38.1 Å². The second-order valence-corrected chi connectivity index (χ2v) is 44.8. The van der Waals surface area contributed by atoms with E-state index < -0.39 is 0 Å². The molecule has 6 aromatic heterocycles. The fourth-order valence-corrected chi connectivity index (χ4v) is 18.0. The third kappa shape index (κ3) is 17.6. The topological polar surface area (TPSA) is 162 Å². The molecule has 0 unspecified atom stereocenters. The average Bonchev–Trinajstić information content (AvgIpc) is 1.61. The number of benzene rings is 7. The predicted octanol–water partition coefficient (Wildman–Crippen LogP) is 31.4. The van der Waals surface area contributed by atoms with Crippen LogP contribution >= 0.6 is 22.6 Å². The molecule has 16 bridgehead atoms. The number of nitriles is 2. The quantitative estimate of drug-likeness (QED) is 0.0917. The molecule has 0 aliphatic carbocycles. The summed E-state index contributed by atoms with van der Waals surface area (Å²) in [6, 6.07) is 73.2. The molecule has 4 aliphatic heterocycles. The number of halogens is 1. The molecule has 4 N–H and O–H groups in total. The third-order valence-electron chi connectivity index (χ3n) is 25.5. The number of hydrogen-bond acceptors (Lipinski definition) is 6. The number of fused-ring (bicyclic) bond motifs is 16. The van der Waals surface area contributed by atoms with Crippen molar-refractivity contribution in [2.45, 2.75) is 209 Å². The van der Waals surface area contributed by atoms with Gasteiger partial charge < -0.3 is 19.9 Å². The normalized spacial score (nSPS) is 13.1. The van der Waals surface area contributed by atoms with Crippen molar-refractivity contribution in [1.29, 1.82) is 10.5 Å². The van der Waals surface area contributed by atoms with E-state index in [0.29, 0.717) is 16.7 Å². The third-order valence-corrected chi connectivity index (χ3v) is 26.2. The molecule has 11 heteroatoms. The molecule has 0 fully saturated rings. The lowest BCUT2D eigenvalue weighted by Crippen LogP contribution is -2.16. The van der Waals surface area contributed by atoms with Gasteiger partial charge in [0, 0.05) is 103 Å². The van der Waals surface area contributed by atoms with Gasteiger partial charge >= 0.3 is 0 Å². The van der Waals surface area contributed by atoms with Crippen molar-refractivity contribution in [3.63, 3.8) is 0 Å². The number of aromatic amines is 4. The highest BCUT2D eigenvalue weighted by Gasteiger charge is 2.32. The molecule has 13 aromatic rings. The van der Waals surface area contributed by atoms with Crippen LogP contribution in [0.15, 0.2) is 188 Å². The molecule has 10 heterocycles. The first kappa shape index (κ1) is 88.1. The minimum Gasteiger partial charge on any atom is -0.354 e. The van der Waals surface area contributed by atoms with Crippen LogP contribution in [-0.2, 0) is 43.3 Å². The number of rotatable bonds is 7. The molecular weight excluding hydrogens is 1680 g/mol. The highest BCUT2D eigenvalue weighted by atomic mass is 127. The lowest BCUT2D eigenvalue weighted by molar-refractivity contribution is 0.568. The summed E-state index contributed by atoms with van der Waals surface area (Å²) in [5.41, 5.74) is 36.7. The Kier molecular flexibility index (Phi) is 22.1. The van der Waals surface area contributed by atoms with Gasteiger partial charge in [-0.15, -0.1) is 0 Å². The van der Waals surface area contributed by atoms with Crippen LogP contribution in [0.1, 0.15) is 278 Å². The molecule has 0 atom stereocenters. The van der Waals surface area contributed by atoms with Crippen LogP contribution in [0.4, 0.5) is 0 Å². The van der Waals surface area contributed by atoms with Gasteiger partial charge in [0.05, 0.1) is 56.7 Å². The number of nitrogens with one attached hydrogen (secondary N) is 4. The van der Waals surface area contributed by atoms with E-state index in [2.05, 4.69) is 439 Å². The van der Waals surface area contributed by atoms with E-state index in [1.807, 2.05) is 12.1 Å². The molecule has 4 aliphatic rings. The maximum Gasteiger partial charge on any atom is 0.101 e. The number of hydrogen-bond donors (Lipinski definition) is 4. The van der Waals surface area contributed by atoms with Crippen LogP contribution in [0.5, 0.6) is 0 Å². The summed E-state index contributed by atoms with van der Waals surface area (Å²) < 4.78 is 1.15. The smallest absolute Gasteiger partial charge is 0.101 e. The Morgan fingerprint density at radius 3 is 0.651 bits per heavy atom.